The van der Waals surface area contributed by atoms with Gasteiger partial charge < -0.3 is 14.4 Å². The van der Waals surface area contributed by atoms with Gasteiger partial charge in [0.1, 0.15) is 12.0 Å². The van der Waals surface area contributed by atoms with Crippen LogP contribution in [0.15, 0.2) is 28.8 Å². The number of hydrogen-bond donors (Lipinski definition) is 1. The van der Waals surface area contributed by atoms with E-state index in [0.717, 1.165) is 5.56 Å². The van der Waals surface area contributed by atoms with Crippen LogP contribution in [0, 0.1) is 0 Å². The first-order chi connectivity index (χ1) is 7.78. The fraction of sp³-hybridized carbons (Fsp3) is 0.182. The Morgan fingerprint density at radius 3 is 3.06 bits per heavy atom. The lowest BCUT2D eigenvalue weighted by Crippen LogP contribution is -1.91. The topological polar surface area (TPSA) is 76.2 Å². The van der Waals surface area contributed by atoms with E-state index in [0.29, 0.717) is 24.4 Å². The second-order valence-corrected chi connectivity index (χ2v) is 3.32. The molecule has 1 aromatic heterocycles. The van der Waals surface area contributed by atoms with Crippen LogP contribution in [0.25, 0.3) is 0 Å². The molecule has 5 heteroatoms. The van der Waals surface area contributed by atoms with Crippen molar-refractivity contribution in [1.82, 2.24) is 10.1 Å². The summed E-state index contributed by atoms with van der Waals surface area (Å²) >= 11 is 0. The molecule has 0 spiro atoms. The van der Waals surface area contributed by atoms with E-state index in [1.54, 1.807) is 18.2 Å². The van der Waals surface area contributed by atoms with E-state index >= 15 is 0 Å². The van der Waals surface area contributed by atoms with Gasteiger partial charge in [-0.15, -0.1) is 0 Å². The zero-order chi connectivity index (χ0) is 11.4. The number of phenols is 1. The zero-order valence-corrected chi connectivity index (χ0v) is 8.46. The lowest BCUT2D eigenvalue weighted by molar-refractivity contribution is -0.107. The van der Waals surface area contributed by atoms with E-state index < -0.39 is 0 Å². The van der Waals surface area contributed by atoms with Crippen molar-refractivity contribution in [3.8, 4) is 5.75 Å². The van der Waals surface area contributed by atoms with Gasteiger partial charge in [0, 0.05) is 6.42 Å². The van der Waals surface area contributed by atoms with Gasteiger partial charge in [0.15, 0.2) is 5.82 Å². The highest BCUT2D eigenvalue weighted by atomic mass is 16.5. The van der Waals surface area contributed by atoms with Crippen molar-refractivity contribution in [2.45, 2.75) is 12.8 Å². The van der Waals surface area contributed by atoms with Gasteiger partial charge in [-0.3, -0.25) is 0 Å². The molecule has 1 N–H and O–H groups in total. The summed E-state index contributed by atoms with van der Waals surface area (Å²) in [5, 5.41) is 13.0. The summed E-state index contributed by atoms with van der Waals surface area (Å²) in [5.74, 6) is 1.02. The second-order valence-electron chi connectivity index (χ2n) is 3.32. The number of nitrogens with zero attached hydrogens (tertiary/aromatic N) is 2. The maximum absolute atomic E-state index is 10.2. The van der Waals surface area contributed by atoms with Crippen LogP contribution in [0.3, 0.4) is 0 Å². The van der Waals surface area contributed by atoms with Crippen LogP contribution < -0.4 is 0 Å². The Labute approximate surface area is 91.7 Å². The number of hydrogen-bond acceptors (Lipinski definition) is 5. The number of phenolic OH excluding ortho intramolecular Hbond substituents is 1. The molecule has 0 bridgehead atoms. The molecular formula is C11H10N2O3. The van der Waals surface area contributed by atoms with Crippen molar-refractivity contribution in [1.29, 1.82) is 0 Å². The Hall–Kier alpha value is -2.17. The Kier molecular flexibility index (Phi) is 2.95. The minimum absolute atomic E-state index is 0.132. The summed E-state index contributed by atoms with van der Waals surface area (Å²) in [7, 11) is 0. The Bertz CT molecular complexity index is 493. The molecule has 0 atom stereocenters. The van der Waals surface area contributed by atoms with Crippen LogP contribution in [-0.2, 0) is 17.6 Å². The summed E-state index contributed by atoms with van der Waals surface area (Å²) in [6.07, 6.45) is 1.31. The molecule has 0 aliphatic heterocycles. The molecule has 0 aliphatic carbocycles. The lowest BCUT2D eigenvalue weighted by atomic mass is 10.1. The van der Waals surface area contributed by atoms with Crippen LogP contribution in [0.2, 0.25) is 0 Å². The zero-order valence-electron chi connectivity index (χ0n) is 8.46. The Balaban J connectivity index is 2.11. The smallest absolute Gasteiger partial charge is 0.233 e. The first kappa shape index (κ1) is 10.4. The third-order valence-electron chi connectivity index (χ3n) is 2.04. The highest BCUT2D eigenvalue weighted by molar-refractivity contribution is 5.52. The lowest BCUT2D eigenvalue weighted by Gasteiger charge is -1.96. The first-order valence-corrected chi connectivity index (χ1v) is 4.81. The maximum atomic E-state index is 10.2. The molecule has 0 radical (unpaired) electrons. The molecule has 1 aromatic carbocycles. The maximum Gasteiger partial charge on any atom is 0.233 e. The van der Waals surface area contributed by atoms with E-state index in [1.165, 1.54) is 0 Å². The third kappa shape index (κ3) is 2.44. The van der Waals surface area contributed by atoms with Crippen LogP contribution in [0.4, 0.5) is 0 Å². The number of aldehydes is 1. The van der Waals surface area contributed by atoms with Gasteiger partial charge in [-0.05, 0) is 17.7 Å². The second kappa shape index (κ2) is 4.57. The Morgan fingerprint density at radius 2 is 2.31 bits per heavy atom. The van der Waals surface area contributed by atoms with Gasteiger partial charge in [-0.2, -0.15) is 4.98 Å². The molecule has 1 heterocycles. The van der Waals surface area contributed by atoms with Crippen molar-refractivity contribution < 1.29 is 14.4 Å². The monoisotopic (exact) mass is 218 g/mol. The van der Waals surface area contributed by atoms with Crippen LogP contribution in [0.5, 0.6) is 5.75 Å². The molecule has 2 aromatic rings. The van der Waals surface area contributed by atoms with Crippen molar-refractivity contribution >= 4 is 6.29 Å². The van der Waals surface area contributed by atoms with Gasteiger partial charge >= 0.3 is 0 Å². The Morgan fingerprint density at radius 1 is 1.44 bits per heavy atom. The molecule has 16 heavy (non-hydrogen) atoms. The van der Waals surface area contributed by atoms with Gasteiger partial charge in [-0.1, -0.05) is 17.3 Å². The summed E-state index contributed by atoms with van der Waals surface area (Å²) in [6.45, 7) is 0. The van der Waals surface area contributed by atoms with E-state index in [-0.39, 0.29) is 12.2 Å². The number of aromatic nitrogens is 2. The number of aromatic hydroxyl groups is 1. The SMILES string of the molecule is O=CCc1nc(Cc2cccc(O)c2)no1. The van der Waals surface area contributed by atoms with Crippen molar-refractivity contribution in [2.24, 2.45) is 0 Å². The highest BCUT2D eigenvalue weighted by Crippen LogP contribution is 2.13. The summed E-state index contributed by atoms with van der Waals surface area (Å²) in [6, 6.07) is 6.83. The molecule has 82 valence electrons. The molecule has 0 amide bonds. The van der Waals surface area contributed by atoms with Crippen LogP contribution in [-0.4, -0.2) is 21.5 Å². The van der Waals surface area contributed by atoms with E-state index in [9.17, 15) is 9.90 Å². The van der Waals surface area contributed by atoms with E-state index in [2.05, 4.69) is 10.1 Å². The third-order valence-corrected chi connectivity index (χ3v) is 2.04. The summed E-state index contributed by atoms with van der Waals surface area (Å²) in [5.41, 5.74) is 0.887. The summed E-state index contributed by atoms with van der Waals surface area (Å²) < 4.78 is 4.85. The standard InChI is InChI=1S/C11H10N2O3/c14-5-4-11-12-10(13-16-11)7-8-2-1-3-9(15)6-8/h1-3,5-6,15H,4,7H2. The number of carbonyl (C=O) groups excluding carboxylic acids is 1. The van der Waals surface area contributed by atoms with Gasteiger partial charge in [0.2, 0.25) is 5.89 Å². The number of carbonyl (C=O) groups is 1. The van der Waals surface area contributed by atoms with Crippen molar-refractivity contribution in [2.75, 3.05) is 0 Å². The molecule has 0 aliphatic rings. The molecule has 0 unspecified atom stereocenters. The summed E-state index contributed by atoms with van der Waals surface area (Å²) in [4.78, 5) is 14.3. The normalized spacial score (nSPS) is 10.2. The average Bonchev–Trinajstić information content (AvgIpc) is 2.66. The fourth-order valence-electron chi connectivity index (χ4n) is 1.37. The molecular weight excluding hydrogens is 208 g/mol. The minimum Gasteiger partial charge on any atom is -0.508 e. The van der Waals surface area contributed by atoms with E-state index in [4.69, 9.17) is 4.52 Å². The van der Waals surface area contributed by atoms with Crippen LogP contribution in [0.1, 0.15) is 17.3 Å². The fourth-order valence-corrected chi connectivity index (χ4v) is 1.37. The molecule has 0 fully saturated rings. The highest BCUT2D eigenvalue weighted by Gasteiger charge is 2.06. The molecule has 0 saturated carbocycles. The number of benzene rings is 1. The van der Waals surface area contributed by atoms with Crippen molar-refractivity contribution in [3.05, 3.63) is 41.5 Å². The predicted octanol–water partition coefficient (Wildman–Crippen LogP) is 1.11. The largest absolute Gasteiger partial charge is 0.508 e. The average molecular weight is 218 g/mol. The predicted molar refractivity (Wildman–Crippen MR) is 55.0 cm³/mol. The molecule has 2 rings (SSSR count). The van der Waals surface area contributed by atoms with Crippen LogP contribution >= 0.6 is 0 Å². The quantitative estimate of drug-likeness (QED) is 0.778. The number of rotatable bonds is 4. The minimum atomic E-state index is 0.132. The molecule has 0 saturated heterocycles. The first-order valence-electron chi connectivity index (χ1n) is 4.81. The van der Waals surface area contributed by atoms with Crippen molar-refractivity contribution in [3.63, 3.8) is 0 Å². The van der Waals surface area contributed by atoms with Gasteiger partial charge in [0.05, 0.1) is 6.42 Å². The van der Waals surface area contributed by atoms with E-state index in [1.807, 2.05) is 6.07 Å². The van der Waals surface area contributed by atoms with Gasteiger partial charge in [0.25, 0.3) is 0 Å². The molecule has 5 nitrogen and oxygen atoms in total. The van der Waals surface area contributed by atoms with Gasteiger partial charge in [-0.25, -0.2) is 0 Å².